The van der Waals surface area contributed by atoms with E-state index in [9.17, 15) is 19.2 Å². The lowest BCUT2D eigenvalue weighted by Gasteiger charge is -2.37. The second kappa shape index (κ2) is 7.54. The summed E-state index contributed by atoms with van der Waals surface area (Å²) in [5.74, 6) is -0.531. The van der Waals surface area contributed by atoms with E-state index in [1.807, 2.05) is 0 Å². The molecule has 8 heteroatoms. The Balaban J connectivity index is 1.91. The molecule has 2 N–H and O–H groups in total. The van der Waals surface area contributed by atoms with Crippen LogP contribution in [0.25, 0.3) is 0 Å². The largest absolute Gasteiger partial charge is 0.481 e. The van der Waals surface area contributed by atoms with Crippen molar-refractivity contribution in [3.05, 3.63) is 44.4 Å². The van der Waals surface area contributed by atoms with Gasteiger partial charge >= 0.3 is 5.69 Å². The van der Waals surface area contributed by atoms with Crippen LogP contribution in [0.15, 0.2) is 27.6 Å². The number of aromatic amines is 2. The second-order valence-electron chi connectivity index (χ2n) is 7.84. The van der Waals surface area contributed by atoms with Gasteiger partial charge in [-0.05, 0) is 26.7 Å². The second-order valence-corrected chi connectivity index (χ2v) is 7.84. The number of ether oxygens (including phenoxy) is 1. The van der Waals surface area contributed by atoms with E-state index in [1.54, 1.807) is 18.7 Å². The molecular weight excluding hydrogens is 350 g/mol. The van der Waals surface area contributed by atoms with Gasteiger partial charge in [-0.25, -0.2) is 4.79 Å². The summed E-state index contributed by atoms with van der Waals surface area (Å²) in [5.41, 5.74) is -1.58. The van der Waals surface area contributed by atoms with E-state index in [4.69, 9.17) is 4.74 Å². The number of H-pyrrole nitrogens is 2. The fraction of sp³-hybridized carbons (Fsp3) is 0.579. The molecule has 2 aliphatic rings. The number of rotatable bonds is 4. The van der Waals surface area contributed by atoms with E-state index in [-0.39, 0.29) is 36.1 Å². The van der Waals surface area contributed by atoms with Gasteiger partial charge in [-0.15, -0.1) is 0 Å². The van der Waals surface area contributed by atoms with Gasteiger partial charge in [-0.2, -0.15) is 0 Å². The molecule has 1 aromatic heterocycles. The van der Waals surface area contributed by atoms with Gasteiger partial charge in [0.15, 0.2) is 11.5 Å². The molecule has 3 rings (SSSR count). The fourth-order valence-corrected chi connectivity index (χ4v) is 3.73. The molecule has 0 aromatic carbocycles. The Morgan fingerprint density at radius 3 is 2.56 bits per heavy atom. The zero-order chi connectivity index (χ0) is 19.6. The number of nitrogens with zero attached hydrogens (tertiary/aromatic N) is 1. The molecule has 2 heterocycles. The molecular formula is C19H25N3O5. The van der Waals surface area contributed by atoms with Crippen molar-refractivity contribution in [3.8, 4) is 0 Å². The Morgan fingerprint density at radius 1 is 1.22 bits per heavy atom. The SMILES string of the molecule is CC1(C)CC(=O)C=C(C(=O)N(Cc2c[nH]c(=O)[nH]c2=O)C2CCCCC2)O1. The highest BCUT2D eigenvalue weighted by molar-refractivity contribution is 6.01. The predicted molar refractivity (Wildman–Crippen MR) is 98.0 cm³/mol. The van der Waals surface area contributed by atoms with Gasteiger partial charge in [0.2, 0.25) is 0 Å². The van der Waals surface area contributed by atoms with Gasteiger partial charge in [0.25, 0.3) is 11.5 Å². The van der Waals surface area contributed by atoms with Crippen LogP contribution < -0.4 is 11.2 Å². The molecule has 1 aliphatic heterocycles. The molecule has 1 aliphatic carbocycles. The summed E-state index contributed by atoms with van der Waals surface area (Å²) in [6.45, 7) is 3.58. The maximum Gasteiger partial charge on any atom is 0.325 e. The molecule has 8 nitrogen and oxygen atoms in total. The number of amides is 1. The zero-order valence-corrected chi connectivity index (χ0v) is 15.7. The molecule has 0 unspecified atom stereocenters. The summed E-state index contributed by atoms with van der Waals surface area (Å²) in [6, 6.07) is -0.0396. The molecule has 1 aromatic rings. The number of allylic oxidation sites excluding steroid dienone is 1. The van der Waals surface area contributed by atoms with E-state index < -0.39 is 22.8 Å². The van der Waals surface area contributed by atoms with Crippen LogP contribution in [-0.2, 0) is 20.9 Å². The van der Waals surface area contributed by atoms with Crippen molar-refractivity contribution in [3.63, 3.8) is 0 Å². The topological polar surface area (TPSA) is 112 Å². The first-order valence-electron chi connectivity index (χ1n) is 9.30. The minimum atomic E-state index is -0.746. The highest BCUT2D eigenvalue weighted by Gasteiger charge is 2.36. The summed E-state index contributed by atoms with van der Waals surface area (Å²) in [7, 11) is 0. The van der Waals surface area contributed by atoms with Gasteiger partial charge in [-0.1, -0.05) is 19.3 Å². The summed E-state index contributed by atoms with van der Waals surface area (Å²) in [5, 5.41) is 0. The highest BCUT2D eigenvalue weighted by atomic mass is 16.5. The molecule has 0 radical (unpaired) electrons. The minimum absolute atomic E-state index is 0.0164. The van der Waals surface area contributed by atoms with Crippen molar-refractivity contribution in [2.75, 3.05) is 0 Å². The third-order valence-corrected chi connectivity index (χ3v) is 5.00. The maximum atomic E-state index is 13.2. The Labute approximate surface area is 156 Å². The predicted octanol–water partition coefficient (Wildman–Crippen LogP) is 1.38. The average molecular weight is 375 g/mol. The van der Waals surface area contributed by atoms with Gasteiger partial charge in [-0.3, -0.25) is 19.4 Å². The smallest absolute Gasteiger partial charge is 0.325 e. The third kappa shape index (κ3) is 4.56. The first kappa shape index (κ1) is 19.1. The first-order chi connectivity index (χ1) is 12.7. The summed E-state index contributed by atoms with van der Waals surface area (Å²) < 4.78 is 5.77. The van der Waals surface area contributed by atoms with Crippen LogP contribution in [0.1, 0.15) is 57.9 Å². The lowest BCUT2D eigenvalue weighted by Crippen LogP contribution is -2.45. The van der Waals surface area contributed by atoms with Gasteiger partial charge in [0, 0.05) is 24.7 Å². The Kier molecular flexibility index (Phi) is 5.34. The van der Waals surface area contributed by atoms with E-state index in [0.717, 1.165) is 32.1 Å². The van der Waals surface area contributed by atoms with E-state index in [1.165, 1.54) is 12.3 Å². The number of ketones is 1. The lowest BCUT2D eigenvalue weighted by atomic mass is 9.93. The molecule has 1 amide bonds. The fourth-order valence-electron chi connectivity index (χ4n) is 3.73. The van der Waals surface area contributed by atoms with Crippen molar-refractivity contribution in [1.29, 1.82) is 0 Å². The number of aromatic nitrogens is 2. The molecule has 1 saturated carbocycles. The average Bonchev–Trinajstić information content (AvgIpc) is 2.59. The molecule has 27 heavy (non-hydrogen) atoms. The molecule has 0 atom stereocenters. The minimum Gasteiger partial charge on any atom is -0.481 e. The Morgan fingerprint density at radius 2 is 1.93 bits per heavy atom. The van der Waals surface area contributed by atoms with Crippen LogP contribution in [-0.4, -0.2) is 38.2 Å². The van der Waals surface area contributed by atoms with Crippen LogP contribution in [0.4, 0.5) is 0 Å². The summed E-state index contributed by atoms with van der Waals surface area (Å²) in [4.78, 5) is 54.8. The molecule has 0 bridgehead atoms. The first-order valence-corrected chi connectivity index (χ1v) is 9.30. The van der Waals surface area contributed by atoms with Gasteiger partial charge < -0.3 is 14.6 Å². The van der Waals surface area contributed by atoms with Crippen LogP contribution in [0.2, 0.25) is 0 Å². The number of hydrogen-bond donors (Lipinski definition) is 2. The van der Waals surface area contributed by atoms with E-state index in [2.05, 4.69) is 9.97 Å². The van der Waals surface area contributed by atoms with Crippen molar-refractivity contribution in [1.82, 2.24) is 14.9 Å². The number of carbonyl (C=O) groups is 2. The number of carbonyl (C=O) groups excluding carboxylic acids is 2. The zero-order valence-electron chi connectivity index (χ0n) is 15.7. The van der Waals surface area contributed by atoms with E-state index in [0.29, 0.717) is 0 Å². The lowest BCUT2D eigenvalue weighted by molar-refractivity contribution is -0.141. The quantitative estimate of drug-likeness (QED) is 0.825. The Bertz CT molecular complexity index is 874. The van der Waals surface area contributed by atoms with Crippen molar-refractivity contribution < 1.29 is 14.3 Å². The molecule has 1 fully saturated rings. The summed E-state index contributed by atoms with van der Waals surface area (Å²) >= 11 is 0. The number of hydrogen-bond acceptors (Lipinski definition) is 5. The van der Waals surface area contributed by atoms with Crippen LogP contribution >= 0.6 is 0 Å². The van der Waals surface area contributed by atoms with Crippen LogP contribution in [0, 0.1) is 0 Å². The molecule has 0 saturated heterocycles. The van der Waals surface area contributed by atoms with Gasteiger partial charge in [0.1, 0.15) is 5.60 Å². The Hall–Kier alpha value is -2.64. The van der Waals surface area contributed by atoms with E-state index >= 15 is 0 Å². The van der Waals surface area contributed by atoms with Gasteiger partial charge in [0.05, 0.1) is 12.1 Å². The maximum absolute atomic E-state index is 13.2. The third-order valence-electron chi connectivity index (χ3n) is 5.00. The van der Waals surface area contributed by atoms with Crippen LogP contribution in [0.5, 0.6) is 0 Å². The van der Waals surface area contributed by atoms with Crippen molar-refractivity contribution in [2.24, 2.45) is 0 Å². The number of nitrogens with one attached hydrogen (secondary N) is 2. The highest BCUT2D eigenvalue weighted by Crippen LogP contribution is 2.29. The van der Waals surface area contributed by atoms with Crippen LogP contribution in [0.3, 0.4) is 0 Å². The monoisotopic (exact) mass is 375 g/mol. The van der Waals surface area contributed by atoms with Crippen molar-refractivity contribution in [2.45, 2.75) is 70.6 Å². The normalized spacial score (nSPS) is 19.9. The molecule has 146 valence electrons. The summed E-state index contributed by atoms with van der Waals surface area (Å²) in [6.07, 6.45) is 7.57. The molecule has 0 spiro atoms. The van der Waals surface area contributed by atoms with Crippen molar-refractivity contribution >= 4 is 11.7 Å². The standard InChI is InChI=1S/C19H25N3O5/c1-19(2)9-14(23)8-15(27-19)17(25)22(13-6-4-3-5-7-13)11-12-10-20-18(26)21-16(12)24/h8,10,13H,3-7,9,11H2,1-2H3,(H2,20,21,24,26).